The van der Waals surface area contributed by atoms with Gasteiger partial charge >= 0.3 is 0 Å². The van der Waals surface area contributed by atoms with Gasteiger partial charge in [0.15, 0.2) is 0 Å². The maximum absolute atomic E-state index is 2.68. The maximum atomic E-state index is 2.68. The van der Waals surface area contributed by atoms with E-state index in [9.17, 15) is 0 Å². The molecule has 0 amide bonds. The SMILES string of the molecule is Cc1ccccc1N1c2cc3c(cc2B2c4sc5ccc(C(C)(C)C)cc5c4N(c4ccc(C(C)(C)C)cc4)c4cc(N5c6ccccc6C(C)(C)c6ccccc65)cc1c42)C(C)(C)CCC3(C)C. The van der Waals surface area contributed by atoms with E-state index in [0.29, 0.717) is 0 Å². The molecule has 0 bridgehead atoms. The molecule has 8 aromatic rings. The lowest BCUT2D eigenvalue weighted by molar-refractivity contribution is 0.332. The number of nitrogens with zero attached hydrogens (tertiary/aromatic N) is 3. The normalized spacial score (nSPS) is 17.2. The van der Waals surface area contributed by atoms with Crippen molar-refractivity contribution in [1.29, 1.82) is 0 Å². The van der Waals surface area contributed by atoms with Crippen molar-refractivity contribution in [2.75, 3.05) is 14.7 Å². The molecule has 0 N–H and O–H groups in total. The minimum atomic E-state index is -0.181. The zero-order chi connectivity index (χ0) is 48.3. The standard InChI is InChI=1S/C64H66BN3S/c1-39-20-14-17-23-50(39)68-53-38-48-47(62(8,9)32-33-63(48,10)11)37-49(53)65-57-54(35-43(36-55(57)68)66-51-24-18-15-21-45(51)64(12,13)46-22-16-19-25-52(46)66)67(42-29-26-40(27-30-42)60(2,3)4)58-44-34-41(61(5,6)7)28-31-56(44)69-59(58)65/h14-31,34-38H,32-33H2,1-13H3. The number of hydrogen-bond donors (Lipinski definition) is 0. The summed E-state index contributed by atoms with van der Waals surface area (Å²) in [7, 11) is 0. The molecule has 1 aromatic heterocycles. The summed E-state index contributed by atoms with van der Waals surface area (Å²) in [5.41, 5.74) is 23.4. The number of para-hydroxylation sites is 3. The van der Waals surface area contributed by atoms with Crippen molar-refractivity contribution in [3.05, 3.63) is 178 Å². The van der Waals surface area contributed by atoms with E-state index in [2.05, 4.69) is 244 Å². The lowest BCUT2D eigenvalue weighted by atomic mass is 9.35. The molecule has 0 saturated heterocycles. The molecule has 4 aliphatic rings. The molecule has 346 valence electrons. The number of anilines is 9. The first-order chi connectivity index (χ1) is 32.6. The predicted octanol–water partition coefficient (Wildman–Crippen LogP) is 16.3. The summed E-state index contributed by atoms with van der Waals surface area (Å²) in [5.74, 6) is 0. The molecule has 3 aliphatic heterocycles. The fraction of sp³-hybridized carbons (Fsp3) is 0.312. The second kappa shape index (κ2) is 14.7. The van der Waals surface area contributed by atoms with Gasteiger partial charge in [-0.1, -0.05) is 162 Å². The third-order valence-electron chi connectivity index (χ3n) is 16.7. The van der Waals surface area contributed by atoms with Gasteiger partial charge in [-0.05, 0) is 152 Å². The van der Waals surface area contributed by atoms with Crippen LogP contribution in [0.3, 0.4) is 0 Å². The van der Waals surface area contributed by atoms with Crippen molar-refractivity contribution < 1.29 is 0 Å². The molecule has 0 unspecified atom stereocenters. The van der Waals surface area contributed by atoms with Crippen LogP contribution in [0.1, 0.15) is 135 Å². The Kier molecular flexibility index (Phi) is 9.45. The second-order valence-corrected chi connectivity index (χ2v) is 25.7. The molecule has 69 heavy (non-hydrogen) atoms. The average Bonchev–Trinajstić information content (AvgIpc) is 3.69. The fourth-order valence-corrected chi connectivity index (χ4v) is 13.8. The van der Waals surface area contributed by atoms with Crippen molar-refractivity contribution in [2.24, 2.45) is 0 Å². The average molecular weight is 920 g/mol. The van der Waals surface area contributed by atoms with E-state index in [0.717, 1.165) is 12.1 Å². The van der Waals surface area contributed by atoms with Gasteiger partial charge in [0.1, 0.15) is 0 Å². The lowest BCUT2D eigenvalue weighted by Crippen LogP contribution is -2.61. The Hall–Kier alpha value is -6.04. The zero-order valence-corrected chi connectivity index (χ0v) is 43.8. The highest BCUT2D eigenvalue weighted by Gasteiger charge is 2.49. The molecule has 0 radical (unpaired) electrons. The Bertz CT molecular complexity index is 3380. The molecule has 0 atom stereocenters. The summed E-state index contributed by atoms with van der Waals surface area (Å²) < 4.78 is 2.76. The number of aryl methyl sites for hydroxylation is 1. The van der Waals surface area contributed by atoms with Gasteiger partial charge in [0.25, 0.3) is 6.71 Å². The van der Waals surface area contributed by atoms with Crippen molar-refractivity contribution >= 4 is 95.0 Å². The summed E-state index contributed by atoms with van der Waals surface area (Å²) in [6.07, 6.45) is 2.33. The first-order valence-electron chi connectivity index (χ1n) is 25.3. The largest absolute Gasteiger partial charge is 0.311 e. The Labute approximate surface area is 415 Å². The van der Waals surface area contributed by atoms with Crippen LogP contribution in [0.2, 0.25) is 0 Å². The van der Waals surface area contributed by atoms with Crippen LogP contribution in [0.4, 0.5) is 51.2 Å². The summed E-state index contributed by atoms with van der Waals surface area (Å²) in [6, 6.07) is 54.6. The molecule has 0 spiro atoms. The number of benzene rings is 7. The molecule has 5 heteroatoms. The van der Waals surface area contributed by atoms with Crippen molar-refractivity contribution in [2.45, 2.75) is 130 Å². The van der Waals surface area contributed by atoms with Crippen LogP contribution in [0.15, 0.2) is 140 Å². The van der Waals surface area contributed by atoms with E-state index < -0.39 is 0 Å². The van der Waals surface area contributed by atoms with Crippen LogP contribution in [0, 0.1) is 6.92 Å². The van der Waals surface area contributed by atoms with E-state index in [1.165, 1.54) is 117 Å². The molecule has 3 nitrogen and oxygen atoms in total. The summed E-state index contributed by atoms with van der Waals surface area (Å²) in [5, 5.41) is 1.33. The molecular formula is C64H66BN3S. The van der Waals surface area contributed by atoms with Gasteiger partial charge in [-0.25, -0.2) is 0 Å². The number of rotatable bonds is 3. The van der Waals surface area contributed by atoms with Gasteiger partial charge in [0.2, 0.25) is 0 Å². The monoisotopic (exact) mass is 920 g/mol. The Balaban J connectivity index is 1.26. The Morgan fingerprint density at radius 3 is 1.61 bits per heavy atom. The number of fused-ring (bicyclic) bond motifs is 9. The van der Waals surface area contributed by atoms with Crippen LogP contribution in [0.25, 0.3) is 10.1 Å². The fourth-order valence-electron chi connectivity index (χ4n) is 12.5. The molecule has 0 saturated carbocycles. The van der Waals surface area contributed by atoms with Crippen LogP contribution < -0.4 is 30.4 Å². The zero-order valence-electron chi connectivity index (χ0n) is 43.0. The van der Waals surface area contributed by atoms with Crippen LogP contribution >= 0.6 is 11.3 Å². The van der Waals surface area contributed by atoms with Gasteiger partial charge < -0.3 is 14.7 Å². The van der Waals surface area contributed by atoms with Gasteiger partial charge in [-0.3, -0.25) is 0 Å². The van der Waals surface area contributed by atoms with Gasteiger partial charge in [-0.2, -0.15) is 0 Å². The van der Waals surface area contributed by atoms with Gasteiger partial charge in [0.05, 0.1) is 22.7 Å². The highest BCUT2D eigenvalue weighted by molar-refractivity contribution is 7.33. The molecule has 4 heterocycles. The second-order valence-electron chi connectivity index (χ2n) is 24.6. The highest BCUT2D eigenvalue weighted by Crippen LogP contribution is 2.56. The van der Waals surface area contributed by atoms with Crippen LogP contribution in [0.5, 0.6) is 0 Å². The smallest absolute Gasteiger partial charge is 0.264 e. The Morgan fingerprint density at radius 1 is 0.478 bits per heavy atom. The van der Waals surface area contributed by atoms with E-state index >= 15 is 0 Å². The lowest BCUT2D eigenvalue weighted by Gasteiger charge is -2.48. The minimum absolute atomic E-state index is 0.0130. The first kappa shape index (κ1) is 44.2. The van der Waals surface area contributed by atoms with Crippen molar-refractivity contribution in [3.63, 3.8) is 0 Å². The van der Waals surface area contributed by atoms with Gasteiger partial charge in [-0.15, -0.1) is 11.3 Å². The van der Waals surface area contributed by atoms with Crippen LogP contribution in [-0.4, -0.2) is 6.71 Å². The van der Waals surface area contributed by atoms with E-state index in [1.807, 2.05) is 11.3 Å². The van der Waals surface area contributed by atoms with Gasteiger partial charge in [0, 0.05) is 48.7 Å². The topological polar surface area (TPSA) is 9.72 Å². The predicted molar refractivity (Wildman–Crippen MR) is 300 cm³/mol. The minimum Gasteiger partial charge on any atom is -0.311 e. The number of hydrogen-bond acceptors (Lipinski definition) is 4. The highest BCUT2D eigenvalue weighted by atomic mass is 32.1. The molecule has 0 fully saturated rings. The van der Waals surface area contributed by atoms with E-state index in [4.69, 9.17) is 0 Å². The molecular weight excluding hydrogens is 854 g/mol. The van der Waals surface area contributed by atoms with E-state index in [-0.39, 0.29) is 33.8 Å². The Morgan fingerprint density at radius 2 is 1.01 bits per heavy atom. The van der Waals surface area contributed by atoms with Crippen LogP contribution in [-0.2, 0) is 27.1 Å². The maximum Gasteiger partial charge on any atom is 0.264 e. The number of thiophene rings is 1. The molecule has 7 aromatic carbocycles. The summed E-state index contributed by atoms with van der Waals surface area (Å²) in [4.78, 5) is 7.92. The van der Waals surface area contributed by atoms with E-state index in [1.54, 1.807) is 0 Å². The third kappa shape index (κ3) is 6.51. The third-order valence-corrected chi connectivity index (χ3v) is 18.0. The van der Waals surface area contributed by atoms with Crippen molar-refractivity contribution in [1.82, 2.24) is 0 Å². The van der Waals surface area contributed by atoms with Crippen molar-refractivity contribution in [3.8, 4) is 0 Å². The summed E-state index contributed by atoms with van der Waals surface area (Å²) in [6.45, 7) is 31.0. The summed E-state index contributed by atoms with van der Waals surface area (Å²) >= 11 is 2.01. The molecule has 12 rings (SSSR count). The molecule has 1 aliphatic carbocycles. The first-order valence-corrected chi connectivity index (χ1v) is 26.2. The quantitative estimate of drug-likeness (QED) is 0.164.